The van der Waals surface area contributed by atoms with E-state index in [-0.39, 0.29) is 42.2 Å². The lowest BCUT2D eigenvalue weighted by Gasteiger charge is -2.10. The molecule has 0 aliphatic heterocycles. The molecule has 2 aromatic rings. The molecule has 0 unspecified atom stereocenters. The second-order valence-corrected chi connectivity index (χ2v) is 6.02. The number of halogens is 1. The smallest absolute Gasteiger partial charge is 0.246 e. The van der Waals surface area contributed by atoms with Crippen LogP contribution in [0.15, 0.2) is 39.8 Å². The number of phenolic OH excluding ortho intramolecular Hbond substituents is 1. The summed E-state index contributed by atoms with van der Waals surface area (Å²) < 4.78 is 5.27. The van der Waals surface area contributed by atoms with Crippen LogP contribution in [-0.4, -0.2) is 35.2 Å². The number of guanidine groups is 1. The number of aliphatic imine (C=N–C) groups is 1. The average molecular weight is 487 g/mol. The second-order valence-electron chi connectivity index (χ2n) is 6.02. The Morgan fingerprint density at radius 3 is 2.56 bits per heavy atom. The van der Waals surface area contributed by atoms with Gasteiger partial charge in [-0.25, -0.2) is 4.99 Å². The van der Waals surface area contributed by atoms with Gasteiger partial charge in [0.25, 0.3) is 0 Å². The molecule has 0 saturated heterocycles. The lowest BCUT2D eigenvalue weighted by molar-refractivity contribution is -0.114. The number of hydrogen-bond donors (Lipinski definition) is 4. The number of carbonyl (C=O) groups is 1. The number of aromatic nitrogens is 1. The third-order valence-electron chi connectivity index (χ3n) is 3.47. The predicted octanol–water partition coefficient (Wildman–Crippen LogP) is 2.82. The van der Waals surface area contributed by atoms with Crippen LogP contribution in [-0.2, 0) is 11.3 Å². The summed E-state index contributed by atoms with van der Waals surface area (Å²) in [6.45, 7) is 7.09. The van der Waals surface area contributed by atoms with E-state index in [1.807, 2.05) is 26.8 Å². The molecular formula is C18H26IN5O3. The van der Waals surface area contributed by atoms with Crippen molar-refractivity contribution >= 4 is 41.5 Å². The molecule has 0 fully saturated rings. The minimum Gasteiger partial charge on any atom is -0.508 e. The second kappa shape index (κ2) is 11.4. The standard InChI is InChI=1S/C18H25N5O3.HI/c1-4-19-18(20-10-15-9-16(12(2)3)23-26-15)21-11-17(25)22-13-5-7-14(24)8-6-13;/h5-9,12,24H,4,10-11H2,1-3H3,(H,22,25)(H2,19,20,21);1H. The minimum atomic E-state index is -0.255. The Balaban J connectivity index is 0.00000364. The van der Waals surface area contributed by atoms with E-state index >= 15 is 0 Å². The first-order valence-corrected chi connectivity index (χ1v) is 8.54. The molecule has 9 heteroatoms. The van der Waals surface area contributed by atoms with Gasteiger partial charge in [0.2, 0.25) is 5.91 Å². The molecule has 0 atom stereocenters. The molecule has 148 valence electrons. The van der Waals surface area contributed by atoms with Gasteiger partial charge in [-0.05, 0) is 37.1 Å². The van der Waals surface area contributed by atoms with Gasteiger partial charge < -0.3 is 25.6 Å². The zero-order valence-corrected chi connectivity index (χ0v) is 18.0. The van der Waals surface area contributed by atoms with Gasteiger partial charge in [-0.3, -0.25) is 4.79 Å². The highest BCUT2D eigenvalue weighted by Gasteiger charge is 2.08. The van der Waals surface area contributed by atoms with Crippen molar-refractivity contribution in [3.05, 3.63) is 41.8 Å². The van der Waals surface area contributed by atoms with E-state index in [2.05, 4.69) is 26.1 Å². The third kappa shape index (κ3) is 7.85. The maximum Gasteiger partial charge on any atom is 0.246 e. The van der Waals surface area contributed by atoms with Gasteiger partial charge in [-0.2, -0.15) is 0 Å². The van der Waals surface area contributed by atoms with Gasteiger partial charge in [0.15, 0.2) is 11.7 Å². The van der Waals surface area contributed by atoms with Crippen LogP contribution in [0.5, 0.6) is 5.75 Å². The summed E-state index contributed by atoms with van der Waals surface area (Å²) in [6.07, 6.45) is 0. The van der Waals surface area contributed by atoms with E-state index in [4.69, 9.17) is 4.52 Å². The first kappa shape index (κ1) is 22.7. The summed E-state index contributed by atoms with van der Waals surface area (Å²) >= 11 is 0. The van der Waals surface area contributed by atoms with Gasteiger partial charge in [0.05, 0.1) is 12.2 Å². The summed E-state index contributed by atoms with van der Waals surface area (Å²) in [5, 5.41) is 22.2. The maximum absolute atomic E-state index is 12.0. The van der Waals surface area contributed by atoms with Crippen molar-refractivity contribution in [3.8, 4) is 5.75 Å². The average Bonchev–Trinajstić information content (AvgIpc) is 3.09. The summed E-state index contributed by atoms with van der Waals surface area (Å²) in [4.78, 5) is 16.2. The highest BCUT2D eigenvalue weighted by molar-refractivity contribution is 14.0. The maximum atomic E-state index is 12.0. The summed E-state index contributed by atoms with van der Waals surface area (Å²) in [5.41, 5.74) is 1.50. The summed E-state index contributed by atoms with van der Waals surface area (Å²) in [5.74, 6) is 1.41. The van der Waals surface area contributed by atoms with Crippen molar-refractivity contribution in [3.63, 3.8) is 0 Å². The molecule has 1 amide bonds. The number of nitrogens with zero attached hydrogens (tertiary/aromatic N) is 2. The van der Waals surface area contributed by atoms with Crippen molar-refractivity contribution in [2.75, 3.05) is 18.4 Å². The predicted molar refractivity (Wildman–Crippen MR) is 116 cm³/mol. The molecule has 27 heavy (non-hydrogen) atoms. The number of anilines is 1. The number of benzene rings is 1. The number of rotatable bonds is 7. The molecule has 0 saturated carbocycles. The highest BCUT2D eigenvalue weighted by atomic mass is 127. The van der Waals surface area contributed by atoms with E-state index in [9.17, 15) is 9.90 Å². The molecule has 1 aromatic carbocycles. The lowest BCUT2D eigenvalue weighted by atomic mass is 10.1. The van der Waals surface area contributed by atoms with Crippen molar-refractivity contribution in [2.45, 2.75) is 33.2 Å². The molecule has 1 aromatic heterocycles. The van der Waals surface area contributed by atoms with Crippen LogP contribution in [0.2, 0.25) is 0 Å². The van der Waals surface area contributed by atoms with Gasteiger partial charge in [-0.1, -0.05) is 19.0 Å². The van der Waals surface area contributed by atoms with Crippen LogP contribution in [0.3, 0.4) is 0 Å². The zero-order valence-electron chi connectivity index (χ0n) is 15.7. The Kier molecular flexibility index (Phi) is 9.62. The van der Waals surface area contributed by atoms with Crippen molar-refractivity contribution in [2.24, 2.45) is 4.99 Å². The SMILES string of the molecule is CCNC(=NCC(=O)Nc1ccc(O)cc1)NCc1cc(C(C)C)no1.I. The Morgan fingerprint density at radius 2 is 1.96 bits per heavy atom. The Labute approximate surface area is 175 Å². The van der Waals surface area contributed by atoms with E-state index in [0.717, 1.165) is 5.69 Å². The Bertz CT molecular complexity index is 744. The fourth-order valence-corrected chi connectivity index (χ4v) is 2.09. The van der Waals surface area contributed by atoms with Gasteiger partial charge in [0, 0.05) is 18.3 Å². The summed E-state index contributed by atoms with van der Waals surface area (Å²) in [7, 11) is 0. The highest BCUT2D eigenvalue weighted by Crippen LogP contribution is 2.14. The number of nitrogens with one attached hydrogen (secondary N) is 3. The van der Waals surface area contributed by atoms with Crippen LogP contribution in [0.1, 0.15) is 38.1 Å². The fraction of sp³-hybridized carbons (Fsp3) is 0.389. The molecular weight excluding hydrogens is 461 g/mol. The molecule has 4 N–H and O–H groups in total. The number of carbonyl (C=O) groups excluding carboxylic acids is 1. The molecule has 1 heterocycles. The molecule has 8 nitrogen and oxygen atoms in total. The van der Waals surface area contributed by atoms with E-state index in [1.54, 1.807) is 12.1 Å². The molecule has 0 bridgehead atoms. The van der Waals surface area contributed by atoms with Crippen LogP contribution in [0.4, 0.5) is 5.69 Å². The van der Waals surface area contributed by atoms with Crippen molar-refractivity contribution < 1.29 is 14.4 Å². The van der Waals surface area contributed by atoms with Crippen LogP contribution < -0.4 is 16.0 Å². The van der Waals surface area contributed by atoms with Crippen molar-refractivity contribution in [1.29, 1.82) is 0 Å². The molecule has 0 aliphatic rings. The fourth-order valence-electron chi connectivity index (χ4n) is 2.09. The third-order valence-corrected chi connectivity index (χ3v) is 3.47. The van der Waals surface area contributed by atoms with Crippen molar-refractivity contribution in [1.82, 2.24) is 15.8 Å². The quantitative estimate of drug-likeness (QED) is 0.207. The Hall–Kier alpha value is -2.30. The normalized spacial score (nSPS) is 11.0. The topological polar surface area (TPSA) is 112 Å². The number of hydrogen-bond acceptors (Lipinski definition) is 5. The van der Waals surface area contributed by atoms with E-state index in [0.29, 0.717) is 36.4 Å². The molecule has 2 rings (SSSR count). The van der Waals surface area contributed by atoms with Gasteiger partial charge in [0.1, 0.15) is 12.3 Å². The van der Waals surface area contributed by atoms with Crippen LogP contribution in [0.25, 0.3) is 0 Å². The first-order chi connectivity index (χ1) is 12.5. The monoisotopic (exact) mass is 487 g/mol. The largest absolute Gasteiger partial charge is 0.508 e. The number of amides is 1. The van der Waals surface area contributed by atoms with Crippen LogP contribution >= 0.6 is 24.0 Å². The number of aromatic hydroxyl groups is 1. The summed E-state index contributed by atoms with van der Waals surface area (Å²) in [6, 6.07) is 8.16. The number of phenols is 1. The van der Waals surface area contributed by atoms with Gasteiger partial charge >= 0.3 is 0 Å². The Morgan fingerprint density at radius 1 is 1.26 bits per heavy atom. The molecule has 0 spiro atoms. The van der Waals surface area contributed by atoms with E-state index < -0.39 is 0 Å². The minimum absolute atomic E-state index is 0. The molecule has 0 radical (unpaired) electrons. The zero-order chi connectivity index (χ0) is 18.9. The van der Waals surface area contributed by atoms with Gasteiger partial charge in [-0.15, -0.1) is 24.0 Å². The molecule has 0 aliphatic carbocycles. The first-order valence-electron chi connectivity index (χ1n) is 8.54. The van der Waals surface area contributed by atoms with Crippen LogP contribution in [0, 0.1) is 0 Å². The lowest BCUT2D eigenvalue weighted by Crippen LogP contribution is -2.37. The van der Waals surface area contributed by atoms with E-state index in [1.165, 1.54) is 12.1 Å².